The summed E-state index contributed by atoms with van der Waals surface area (Å²) in [5.41, 5.74) is 9.64. The van der Waals surface area contributed by atoms with Gasteiger partial charge in [-0.15, -0.1) is 0 Å². The van der Waals surface area contributed by atoms with Gasteiger partial charge in [0.05, 0.1) is 12.7 Å². The quantitative estimate of drug-likeness (QED) is 0.290. The van der Waals surface area contributed by atoms with E-state index < -0.39 is 11.8 Å². The van der Waals surface area contributed by atoms with E-state index in [1.54, 1.807) is 0 Å². The third-order valence-electron chi connectivity index (χ3n) is 1.61. The summed E-state index contributed by atoms with van der Waals surface area (Å²) < 4.78 is 0. The van der Waals surface area contributed by atoms with Crippen molar-refractivity contribution in [1.29, 1.82) is 0 Å². The molecule has 7 N–H and O–H groups in total. The van der Waals surface area contributed by atoms with E-state index in [0.29, 0.717) is 13.1 Å². The molecule has 0 bridgehead atoms. The second-order valence-corrected chi connectivity index (χ2v) is 2.59. The van der Waals surface area contributed by atoms with Crippen molar-refractivity contribution in [1.82, 2.24) is 5.32 Å². The van der Waals surface area contributed by atoms with Crippen LogP contribution in [-0.4, -0.2) is 41.7 Å². The summed E-state index contributed by atoms with van der Waals surface area (Å²) in [4.78, 5) is 0. The molecule has 11 heavy (non-hydrogen) atoms. The van der Waals surface area contributed by atoms with Crippen LogP contribution in [0.2, 0.25) is 0 Å². The van der Waals surface area contributed by atoms with E-state index in [-0.39, 0.29) is 6.61 Å². The van der Waals surface area contributed by atoms with Gasteiger partial charge < -0.3 is 21.7 Å². The van der Waals surface area contributed by atoms with Gasteiger partial charge in [0, 0.05) is 13.1 Å². The minimum Gasteiger partial charge on any atom is -0.393 e. The molecule has 0 aromatic heterocycles. The Labute approximate surface area is 66.4 Å². The van der Waals surface area contributed by atoms with Crippen LogP contribution < -0.4 is 16.8 Å². The Hall–Kier alpha value is -0.200. The molecular formula is C6H17N3O2. The van der Waals surface area contributed by atoms with Crippen molar-refractivity contribution in [2.45, 2.75) is 18.7 Å². The summed E-state index contributed by atoms with van der Waals surface area (Å²) in [5.74, 6) is 0. The molecule has 0 heterocycles. The molecule has 0 spiro atoms. The Balaban J connectivity index is 3.88. The molecule has 5 heteroatoms. The second-order valence-electron chi connectivity index (χ2n) is 2.59. The van der Waals surface area contributed by atoms with Crippen LogP contribution >= 0.6 is 0 Å². The van der Waals surface area contributed by atoms with Gasteiger partial charge in [-0.2, -0.15) is 0 Å². The highest BCUT2D eigenvalue weighted by Crippen LogP contribution is 2.00. The molecule has 0 radical (unpaired) electrons. The number of aliphatic hydroxyl groups excluding tert-OH is 2. The van der Waals surface area contributed by atoms with Gasteiger partial charge in [0.15, 0.2) is 0 Å². The van der Waals surface area contributed by atoms with Gasteiger partial charge in [-0.05, 0) is 6.92 Å². The van der Waals surface area contributed by atoms with Crippen LogP contribution in [-0.2, 0) is 0 Å². The summed E-state index contributed by atoms with van der Waals surface area (Å²) in [7, 11) is 0. The molecule has 0 aliphatic rings. The van der Waals surface area contributed by atoms with E-state index in [0.717, 1.165) is 0 Å². The van der Waals surface area contributed by atoms with Crippen LogP contribution in [0.25, 0.3) is 0 Å². The molecule has 0 fully saturated rings. The third-order valence-corrected chi connectivity index (χ3v) is 1.61. The smallest absolute Gasteiger partial charge is 0.116 e. The average molecular weight is 163 g/mol. The van der Waals surface area contributed by atoms with E-state index >= 15 is 0 Å². The lowest BCUT2D eigenvalue weighted by molar-refractivity contribution is 0.0345. The lowest BCUT2D eigenvalue weighted by Crippen LogP contribution is -2.64. The van der Waals surface area contributed by atoms with Crippen molar-refractivity contribution in [3.05, 3.63) is 0 Å². The van der Waals surface area contributed by atoms with Crippen LogP contribution in [0.1, 0.15) is 6.92 Å². The standard InChI is InChI=1S/C6H17N3O2/c1-5(11)6(8,4-10)9-3-2-7/h5,9-11H,2-4,7-8H2,1H3. The minimum absolute atomic E-state index is 0.315. The molecule has 0 saturated heterocycles. The third kappa shape index (κ3) is 3.13. The first-order valence-corrected chi connectivity index (χ1v) is 3.59. The van der Waals surface area contributed by atoms with Crippen molar-refractivity contribution >= 4 is 0 Å². The maximum atomic E-state index is 9.11. The fraction of sp³-hybridized carbons (Fsp3) is 1.00. The molecule has 2 unspecified atom stereocenters. The van der Waals surface area contributed by atoms with Crippen LogP contribution in [0.3, 0.4) is 0 Å². The number of rotatable bonds is 5. The summed E-state index contributed by atoms with van der Waals surface area (Å²) in [6.45, 7) is 2.10. The fourth-order valence-corrected chi connectivity index (χ4v) is 0.641. The highest BCUT2D eigenvalue weighted by Gasteiger charge is 2.28. The van der Waals surface area contributed by atoms with E-state index in [1.807, 2.05) is 0 Å². The number of hydrogen-bond acceptors (Lipinski definition) is 5. The summed E-state index contributed by atoms with van der Waals surface area (Å²) in [6, 6.07) is 0. The van der Waals surface area contributed by atoms with Crippen LogP contribution in [0.15, 0.2) is 0 Å². The Bertz CT molecular complexity index is 110. The van der Waals surface area contributed by atoms with Gasteiger partial charge >= 0.3 is 0 Å². The van der Waals surface area contributed by atoms with Crippen molar-refractivity contribution in [2.24, 2.45) is 11.5 Å². The molecule has 5 nitrogen and oxygen atoms in total. The molecule has 0 amide bonds. The van der Waals surface area contributed by atoms with Gasteiger partial charge in [0.2, 0.25) is 0 Å². The average Bonchev–Trinajstić information content (AvgIpc) is 2.00. The van der Waals surface area contributed by atoms with Crippen molar-refractivity contribution in [2.75, 3.05) is 19.7 Å². The Kier molecular flexibility index (Phi) is 4.55. The van der Waals surface area contributed by atoms with Crippen LogP contribution in [0.4, 0.5) is 0 Å². The van der Waals surface area contributed by atoms with Crippen LogP contribution in [0.5, 0.6) is 0 Å². The SMILES string of the molecule is CC(O)C(N)(CO)NCCN. The number of aliphatic hydroxyl groups is 2. The van der Waals surface area contributed by atoms with E-state index in [1.165, 1.54) is 6.92 Å². The topological polar surface area (TPSA) is 105 Å². The Morgan fingerprint density at radius 3 is 2.45 bits per heavy atom. The summed E-state index contributed by atoms with van der Waals surface area (Å²) in [5, 5.41) is 20.7. The predicted octanol–water partition coefficient (Wildman–Crippen LogP) is -2.44. The highest BCUT2D eigenvalue weighted by molar-refractivity contribution is 4.85. The zero-order chi connectivity index (χ0) is 8.91. The molecule has 0 aliphatic carbocycles. The van der Waals surface area contributed by atoms with Gasteiger partial charge in [-0.25, -0.2) is 0 Å². The predicted molar refractivity (Wildman–Crippen MR) is 42.7 cm³/mol. The first-order chi connectivity index (χ1) is 5.06. The first-order valence-electron chi connectivity index (χ1n) is 3.59. The zero-order valence-corrected chi connectivity index (χ0v) is 6.75. The monoisotopic (exact) mass is 163 g/mol. The maximum absolute atomic E-state index is 9.11. The molecule has 68 valence electrons. The maximum Gasteiger partial charge on any atom is 0.116 e. The van der Waals surface area contributed by atoms with Gasteiger partial charge in [-0.1, -0.05) is 0 Å². The summed E-state index contributed by atoms with van der Waals surface area (Å²) >= 11 is 0. The zero-order valence-electron chi connectivity index (χ0n) is 6.75. The second kappa shape index (κ2) is 4.63. The van der Waals surface area contributed by atoms with Gasteiger partial charge in [0.25, 0.3) is 0 Å². The number of nitrogens with one attached hydrogen (secondary N) is 1. The number of hydrogen-bond donors (Lipinski definition) is 5. The highest BCUT2D eigenvalue weighted by atomic mass is 16.3. The Morgan fingerprint density at radius 1 is 1.64 bits per heavy atom. The molecule has 0 saturated carbocycles. The van der Waals surface area contributed by atoms with Crippen molar-refractivity contribution in [3.8, 4) is 0 Å². The lowest BCUT2D eigenvalue weighted by Gasteiger charge is -2.31. The van der Waals surface area contributed by atoms with Gasteiger partial charge in [-0.3, -0.25) is 5.32 Å². The van der Waals surface area contributed by atoms with E-state index in [2.05, 4.69) is 5.32 Å². The van der Waals surface area contributed by atoms with Crippen LogP contribution in [0, 0.1) is 0 Å². The lowest BCUT2D eigenvalue weighted by atomic mass is 10.1. The molecular weight excluding hydrogens is 146 g/mol. The fourth-order valence-electron chi connectivity index (χ4n) is 0.641. The van der Waals surface area contributed by atoms with Crippen molar-refractivity contribution < 1.29 is 10.2 Å². The molecule has 0 aromatic carbocycles. The number of nitrogens with two attached hydrogens (primary N) is 2. The summed E-state index contributed by atoms with van der Waals surface area (Å²) in [6.07, 6.45) is -0.806. The van der Waals surface area contributed by atoms with Gasteiger partial charge in [0.1, 0.15) is 5.66 Å². The normalized spacial score (nSPS) is 19.4. The van der Waals surface area contributed by atoms with E-state index in [9.17, 15) is 0 Å². The largest absolute Gasteiger partial charge is 0.393 e. The molecule has 0 aliphatic heterocycles. The molecule has 2 atom stereocenters. The first kappa shape index (κ1) is 10.8. The van der Waals surface area contributed by atoms with Crippen molar-refractivity contribution in [3.63, 3.8) is 0 Å². The Morgan fingerprint density at radius 2 is 2.18 bits per heavy atom. The van der Waals surface area contributed by atoms with E-state index in [4.69, 9.17) is 21.7 Å². The molecule has 0 aromatic rings. The molecule has 0 rings (SSSR count). The minimum atomic E-state index is -1.13.